The summed E-state index contributed by atoms with van der Waals surface area (Å²) in [5, 5.41) is 8.72. The van der Waals surface area contributed by atoms with Crippen LogP contribution in [0.15, 0.2) is 60.7 Å². The van der Waals surface area contributed by atoms with Crippen molar-refractivity contribution in [3.63, 3.8) is 0 Å². The Morgan fingerprint density at radius 3 is 2.29 bits per heavy atom. The Kier molecular flexibility index (Phi) is 5.36. The fourth-order valence-corrected chi connectivity index (χ4v) is 1.89. The Morgan fingerprint density at radius 2 is 1.67 bits per heavy atom. The molecule has 2 aromatic carbocycles. The van der Waals surface area contributed by atoms with Crippen LogP contribution >= 0.6 is 0 Å². The standard InChI is InChI=1S/C17H16N2O2/c18-12-7-13-19(16-10-5-2-6-11-16)17(20)21-14-15-8-3-1-4-9-15/h1-6,8-11H,7,13-14H2. The fraction of sp³-hybridized carbons (Fsp3) is 0.176. The Balaban J connectivity index is 2.03. The van der Waals surface area contributed by atoms with E-state index in [2.05, 4.69) is 0 Å². The Hall–Kier alpha value is -2.80. The number of benzene rings is 2. The second-order valence-electron chi connectivity index (χ2n) is 4.44. The highest BCUT2D eigenvalue weighted by molar-refractivity contribution is 5.87. The molecule has 1 amide bonds. The SMILES string of the molecule is N#CCCN(C(=O)OCc1ccccc1)c1ccccc1. The van der Waals surface area contributed by atoms with E-state index in [9.17, 15) is 4.79 Å². The number of rotatable bonds is 5. The third-order valence-electron chi connectivity index (χ3n) is 2.94. The summed E-state index contributed by atoms with van der Waals surface area (Å²) in [6.07, 6.45) is -0.185. The number of anilines is 1. The lowest BCUT2D eigenvalue weighted by Gasteiger charge is -2.21. The van der Waals surface area contributed by atoms with E-state index in [1.54, 1.807) is 0 Å². The van der Waals surface area contributed by atoms with Crippen molar-refractivity contribution >= 4 is 11.8 Å². The summed E-state index contributed by atoms with van der Waals surface area (Å²) in [6, 6.07) is 20.8. The molecule has 0 heterocycles. The van der Waals surface area contributed by atoms with E-state index in [0.717, 1.165) is 11.3 Å². The number of carbonyl (C=O) groups excluding carboxylic acids is 1. The molecule has 0 saturated heterocycles. The number of hydrogen-bond donors (Lipinski definition) is 0. The van der Waals surface area contributed by atoms with E-state index in [-0.39, 0.29) is 13.0 Å². The average Bonchev–Trinajstić information content (AvgIpc) is 2.55. The highest BCUT2D eigenvalue weighted by atomic mass is 16.6. The van der Waals surface area contributed by atoms with Crippen LogP contribution < -0.4 is 4.90 Å². The fourth-order valence-electron chi connectivity index (χ4n) is 1.89. The maximum atomic E-state index is 12.2. The van der Waals surface area contributed by atoms with Gasteiger partial charge in [-0.05, 0) is 17.7 Å². The number of para-hydroxylation sites is 1. The molecule has 0 aliphatic rings. The third-order valence-corrected chi connectivity index (χ3v) is 2.94. The lowest BCUT2D eigenvalue weighted by Crippen LogP contribution is -2.32. The van der Waals surface area contributed by atoms with Gasteiger partial charge in [-0.25, -0.2) is 4.79 Å². The van der Waals surface area contributed by atoms with Crippen LogP contribution in [0.4, 0.5) is 10.5 Å². The van der Waals surface area contributed by atoms with Gasteiger partial charge >= 0.3 is 6.09 Å². The van der Waals surface area contributed by atoms with Crippen molar-refractivity contribution in [3.8, 4) is 6.07 Å². The van der Waals surface area contributed by atoms with Crippen LogP contribution in [0.2, 0.25) is 0 Å². The van der Waals surface area contributed by atoms with E-state index < -0.39 is 6.09 Å². The highest BCUT2D eigenvalue weighted by Gasteiger charge is 2.16. The molecule has 0 saturated carbocycles. The minimum atomic E-state index is -0.444. The van der Waals surface area contributed by atoms with Crippen LogP contribution in [-0.4, -0.2) is 12.6 Å². The Labute approximate surface area is 124 Å². The van der Waals surface area contributed by atoms with Crippen LogP contribution in [-0.2, 0) is 11.3 Å². The summed E-state index contributed by atoms with van der Waals surface area (Å²) in [4.78, 5) is 13.7. The van der Waals surface area contributed by atoms with E-state index in [1.165, 1.54) is 4.90 Å². The first-order chi connectivity index (χ1) is 10.3. The zero-order valence-electron chi connectivity index (χ0n) is 11.6. The largest absolute Gasteiger partial charge is 0.444 e. The molecular weight excluding hydrogens is 264 g/mol. The predicted octanol–water partition coefficient (Wildman–Crippen LogP) is 3.74. The second-order valence-corrected chi connectivity index (χ2v) is 4.44. The highest BCUT2D eigenvalue weighted by Crippen LogP contribution is 2.15. The van der Waals surface area contributed by atoms with Crippen LogP contribution in [0.25, 0.3) is 0 Å². The number of carbonyl (C=O) groups is 1. The molecule has 21 heavy (non-hydrogen) atoms. The van der Waals surface area contributed by atoms with E-state index in [1.807, 2.05) is 66.7 Å². The third kappa shape index (κ3) is 4.36. The number of amides is 1. The monoisotopic (exact) mass is 280 g/mol. The molecule has 0 atom stereocenters. The van der Waals surface area contributed by atoms with Gasteiger partial charge in [0.2, 0.25) is 0 Å². The van der Waals surface area contributed by atoms with E-state index >= 15 is 0 Å². The van der Waals surface area contributed by atoms with Crippen molar-refractivity contribution in [2.75, 3.05) is 11.4 Å². The smallest absolute Gasteiger partial charge is 0.414 e. The number of nitriles is 1. The second kappa shape index (κ2) is 7.71. The molecule has 0 spiro atoms. The molecule has 0 fully saturated rings. The van der Waals surface area contributed by atoms with Gasteiger partial charge in [0.1, 0.15) is 6.61 Å². The van der Waals surface area contributed by atoms with Crippen molar-refractivity contribution in [3.05, 3.63) is 66.2 Å². The van der Waals surface area contributed by atoms with Crippen molar-refractivity contribution < 1.29 is 9.53 Å². The summed E-state index contributed by atoms with van der Waals surface area (Å²) < 4.78 is 5.32. The first kappa shape index (κ1) is 14.6. The quantitative estimate of drug-likeness (QED) is 0.838. The molecule has 0 unspecified atom stereocenters. The van der Waals surface area contributed by atoms with Gasteiger partial charge in [-0.1, -0.05) is 48.5 Å². The molecular formula is C17H16N2O2. The number of nitrogens with zero attached hydrogens (tertiary/aromatic N) is 2. The van der Waals surface area contributed by atoms with Gasteiger partial charge in [0.05, 0.1) is 12.5 Å². The maximum Gasteiger partial charge on any atom is 0.414 e. The van der Waals surface area contributed by atoms with Crippen LogP contribution in [0.1, 0.15) is 12.0 Å². The molecule has 106 valence electrons. The molecule has 2 rings (SSSR count). The average molecular weight is 280 g/mol. The molecule has 4 nitrogen and oxygen atoms in total. The topological polar surface area (TPSA) is 53.3 Å². The first-order valence-electron chi connectivity index (χ1n) is 6.71. The minimum absolute atomic E-state index is 0.218. The van der Waals surface area contributed by atoms with Gasteiger partial charge in [-0.15, -0.1) is 0 Å². The lowest BCUT2D eigenvalue weighted by molar-refractivity contribution is 0.147. The van der Waals surface area contributed by atoms with Crippen LogP contribution in [0.5, 0.6) is 0 Å². The summed E-state index contributed by atoms with van der Waals surface area (Å²) in [6.45, 7) is 0.531. The first-order valence-corrected chi connectivity index (χ1v) is 6.71. The normalized spacial score (nSPS) is 9.67. The van der Waals surface area contributed by atoms with Crippen LogP contribution in [0, 0.1) is 11.3 Å². The Morgan fingerprint density at radius 1 is 1.05 bits per heavy atom. The van der Waals surface area contributed by atoms with Gasteiger partial charge in [0.25, 0.3) is 0 Å². The van der Waals surface area contributed by atoms with Gasteiger partial charge in [-0.2, -0.15) is 5.26 Å². The van der Waals surface area contributed by atoms with Gasteiger partial charge in [0.15, 0.2) is 0 Å². The van der Waals surface area contributed by atoms with Crippen molar-refractivity contribution in [2.45, 2.75) is 13.0 Å². The predicted molar refractivity (Wildman–Crippen MR) is 80.6 cm³/mol. The van der Waals surface area contributed by atoms with E-state index in [0.29, 0.717) is 6.54 Å². The summed E-state index contributed by atoms with van der Waals surface area (Å²) >= 11 is 0. The summed E-state index contributed by atoms with van der Waals surface area (Å²) in [7, 11) is 0. The zero-order valence-corrected chi connectivity index (χ0v) is 11.6. The van der Waals surface area contributed by atoms with Gasteiger partial charge in [0, 0.05) is 12.2 Å². The summed E-state index contributed by atoms with van der Waals surface area (Å²) in [5.74, 6) is 0. The molecule has 4 heteroatoms. The summed E-state index contributed by atoms with van der Waals surface area (Å²) in [5.41, 5.74) is 1.66. The van der Waals surface area contributed by atoms with Gasteiger partial charge < -0.3 is 4.74 Å². The van der Waals surface area contributed by atoms with E-state index in [4.69, 9.17) is 10.00 Å². The molecule has 0 N–H and O–H groups in total. The Bertz CT molecular complexity index is 606. The van der Waals surface area contributed by atoms with Gasteiger partial charge in [-0.3, -0.25) is 4.90 Å². The van der Waals surface area contributed by atoms with Crippen molar-refractivity contribution in [2.24, 2.45) is 0 Å². The molecule has 0 aromatic heterocycles. The molecule has 0 bridgehead atoms. The number of ether oxygens (including phenoxy) is 1. The molecule has 0 radical (unpaired) electrons. The van der Waals surface area contributed by atoms with Crippen molar-refractivity contribution in [1.29, 1.82) is 5.26 Å². The molecule has 0 aliphatic carbocycles. The maximum absolute atomic E-state index is 12.2. The number of hydrogen-bond acceptors (Lipinski definition) is 3. The zero-order chi connectivity index (χ0) is 14.9. The molecule has 2 aromatic rings. The lowest BCUT2D eigenvalue weighted by atomic mass is 10.2. The molecule has 0 aliphatic heterocycles. The van der Waals surface area contributed by atoms with Crippen molar-refractivity contribution in [1.82, 2.24) is 0 Å². The minimum Gasteiger partial charge on any atom is -0.444 e. The van der Waals surface area contributed by atoms with Crippen LogP contribution in [0.3, 0.4) is 0 Å².